The third-order valence-corrected chi connectivity index (χ3v) is 3.01. The Morgan fingerprint density at radius 2 is 2.17 bits per heavy atom. The summed E-state index contributed by atoms with van der Waals surface area (Å²) in [5, 5.41) is 0. The van der Waals surface area contributed by atoms with Crippen LogP contribution < -0.4 is 0 Å². The molecular weight excluding hydrogens is 148 g/mol. The molecule has 0 aliphatic heterocycles. The molecule has 1 aliphatic rings. The van der Waals surface area contributed by atoms with Crippen LogP contribution in [0.15, 0.2) is 0 Å². The highest BCUT2D eigenvalue weighted by Gasteiger charge is 2.30. The number of carbonyl (C=O) groups is 1. The van der Waals surface area contributed by atoms with Crippen molar-refractivity contribution in [2.24, 2.45) is 11.3 Å². The van der Waals surface area contributed by atoms with Crippen molar-refractivity contribution in [1.29, 1.82) is 0 Å². The monoisotopic (exact) mass is 168 g/mol. The lowest BCUT2D eigenvalue weighted by molar-refractivity contribution is -0.124. The van der Waals surface area contributed by atoms with Crippen LogP contribution in [-0.2, 0) is 4.79 Å². The molecule has 1 heteroatoms. The lowest BCUT2D eigenvalue weighted by Crippen LogP contribution is -2.27. The van der Waals surface area contributed by atoms with Crippen molar-refractivity contribution in [3.8, 4) is 0 Å². The van der Waals surface area contributed by atoms with Crippen LogP contribution in [0, 0.1) is 11.3 Å². The van der Waals surface area contributed by atoms with Crippen molar-refractivity contribution in [1.82, 2.24) is 0 Å². The molecule has 0 radical (unpaired) electrons. The van der Waals surface area contributed by atoms with E-state index in [0.29, 0.717) is 17.1 Å². The van der Waals surface area contributed by atoms with Crippen LogP contribution in [0.25, 0.3) is 0 Å². The highest BCUT2D eigenvalue weighted by atomic mass is 16.1. The first-order valence-corrected chi connectivity index (χ1v) is 5.08. The van der Waals surface area contributed by atoms with Gasteiger partial charge < -0.3 is 0 Å². The molecule has 1 atom stereocenters. The van der Waals surface area contributed by atoms with Gasteiger partial charge in [-0.25, -0.2) is 0 Å². The van der Waals surface area contributed by atoms with Gasteiger partial charge in [-0.15, -0.1) is 0 Å². The lowest BCUT2D eigenvalue weighted by atomic mass is 9.71. The van der Waals surface area contributed by atoms with E-state index in [1.165, 1.54) is 12.8 Å². The van der Waals surface area contributed by atoms with Crippen molar-refractivity contribution in [3.63, 3.8) is 0 Å². The number of rotatable bonds is 2. The Kier molecular flexibility index (Phi) is 2.92. The summed E-state index contributed by atoms with van der Waals surface area (Å²) < 4.78 is 0. The summed E-state index contributed by atoms with van der Waals surface area (Å²) in [4.78, 5) is 11.5. The molecule has 0 aromatic heterocycles. The molecule has 1 aliphatic carbocycles. The van der Waals surface area contributed by atoms with E-state index in [0.717, 1.165) is 19.3 Å². The molecule has 0 amide bonds. The molecule has 0 aromatic carbocycles. The second kappa shape index (κ2) is 3.59. The predicted octanol–water partition coefficient (Wildman–Crippen LogP) is 3.18. The maximum absolute atomic E-state index is 11.5. The summed E-state index contributed by atoms with van der Waals surface area (Å²) in [5.41, 5.74) is 0.410. The first-order valence-electron chi connectivity index (χ1n) is 5.08. The number of hydrogen-bond acceptors (Lipinski definition) is 1. The minimum Gasteiger partial charge on any atom is -0.299 e. The molecule has 0 spiro atoms. The quantitative estimate of drug-likeness (QED) is 0.619. The van der Waals surface area contributed by atoms with Gasteiger partial charge in [-0.3, -0.25) is 4.79 Å². The second-order valence-electron chi connectivity index (χ2n) is 4.78. The van der Waals surface area contributed by atoms with Crippen LogP contribution in [0.2, 0.25) is 0 Å². The van der Waals surface area contributed by atoms with Crippen molar-refractivity contribution in [3.05, 3.63) is 0 Å². The third kappa shape index (κ3) is 2.33. The topological polar surface area (TPSA) is 17.1 Å². The van der Waals surface area contributed by atoms with Crippen molar-refractivity contribution >= 4 is 5.78 Å². The zero-order chi connectivity index (χ0) is 9.19. The van der Waals surface area contributed by atoms with Gasteiger partial charge in [0.2, 0.25) is 0 Å². The summed E-state index contributed by atoms with van der Waals surface area (Å²) >= 11 is 0. The average molecular weight is 168 g/mol. The van der Waals surface area contributed by atoms with E-state index in [2.05, 4.69) is 13.8 Å². The van der Waals surface area contributed by atoms with E-state index in [1.807, 2.05) is 6.92 Å². The largest absolute Gasteiger partial charge is 0.299 e. The summed E-state index contributed by atoms with van der Waals surface area (Å²) in [6, 6.07) is 0. The van der Waals surface area contributed by atoms with E-state index in [1.54, 1.807) is 0 Å². The maximum Gasteiger partial charge on any atom is 0.135 e. The van der Waals surface area contributed by atoms with Crippen LogP contribution in [0.5, 0.6) is 0 Å². The molecule has 12 heavy (non-hydrogen) atoms. The number of ketones is 1. The fourth-order valence-corrected chi connectivity index (χ4v) is 2.26. The summed E-state index contributed by atoms with van der Waals surface area (Å²) in [7, 11) is 0. The van der Waals surface area contributed by atoms with Crippen molar-refractivity contribution in [2.45, 2.75) is 52.9 Å². The molecule has 1 nitrogen and oxygen atoms in total. The molecule has 0 saturated heterocycles. The standard InChI is InChI=1S/C11H20O/c1-4-10(12)9-6-5-7-11(2,3)8-9/h9H,4-8H2,1-3H3/t9-/m0/s1. The van der Waals surface area contributed by atoms with Crippen molar-refractivity contribution < 1.29 is 4.79 Å². The molecule has 1 fully saturated rings. The van der Waals surface area contributed by atoms with Crippen LogP contribution in [0.1, 0.15) is 52.9 Å². The number of hydrogen-bond donors (Lipinski definition) is 0. The predicted molar refractivity (Wildman–Crippen MR) is 51.0 cm³/mol. The lowest BCUT2D eigenvalue weighted by Gasteiger charge is -2.34. The molecule has 1 saturated carbocycles. The van der Waals surface area contributed by atoms with E-state index in [4.69, 9.17) is 0 Å². The van der Waals surface area contributed by atoms with Gasteiger partial charge in [-0.05, 0) is 24.7 Å². The SMILES string of the molecule is CCC(=O)[C@H]1CCCC(C)(C)C1. The molecular formula is C11H20O. The molecule has 1 rings (SSSR count). The van der Waals surface area contributed by atoms with Gasteiger partial charge in [0.05, 0.1) is 0 Å². The zero-order valence-corrected chi connectivity index (χ0v) is 8.52. The maximum atomic E-state index is 11.5. The molecule has 0 N–H and O–H groups in total. The Hall–Kier alpha value is -0.330. The van der Waals surface area contributed by atoms with Gasteiger partial charge in [0.1, 0.15) is 5.78 Å². The second-order valence-corrected chi connectivity index (χ2v) is 4.78. The van der Waals surface area contributed by atoms with Gasteiger partial charge in [0, 0.05) is 12.3 Å². The minimum atomic E-state index is 0.374. The first-order chi connectivity index (χ1) is 5.55. The molecule has 0 unspecified atom stereocenters. The van der Waals surface area contributed by atoms with Crippen LogP contribution >= 0.6 is 0 Å². The van der Waals surface area contributed by atoms with Crippen LogP contribution in [-0.4, -0.2) is 5.78 Å². The Labute approximate surface area is 75.5 Å². The minimum absolute atomic E-state index is 0.374. The summed E-state index contributed by atoms with van der Waals surface area (Å²) in [6.45, 7) is 6.54. The fourth-order valence-electron chi connectivity index (χ4n) is 2.26. The van der Waals surface area contributed by atoms with E-state index in [9.17, 15) is 4.79 Å². The zero-order valence-electron chi connectivity index (χ0n) is 8.52. The first kappa shape index (κ1) is 9.76. The average Bonchev–Trinajstić information content (AvgIpc) is 2.01. The van der Waals surface area contributed by atoms with Gasteiger partial charge in [-0.1, -0.05) is 27.2 Å². The highest BCUT2D eigenvalue weighted by molar-refractivity contribution is 5.80. The fraction of sp³-hybridized carbons (Fsp3) is 0.909. The van der Waals surface area contributed by atoms with Gasteiger partial charge >= 0.3 is 0 Å². The van der Waals surface area contributed by atoms with Gasteiger partial charge in [-0.2, -0.15) is 0 Å². The van der Waals surface area contributed by atoms with E-state index in [-0.39, 0.29) is 0 Å². The summed E-state index contributed by atoms with van der Waals surface area (Å²) in [5.74, 6) is 0.849. The Balaban J connectivity index is 2.52. The van der Waals surface area contributed by atoms with Crippen LogP contribution in [0.4, 0.5) is 0 Å². The Bertz CT molecular complexity index is 170. The van der Waals surface area contributed by atoms with Crippen LogP contribution in [0.3, 0.4) is 0 Å². The van der Waals surface area contributed by atoms with Gasteiger partial charge in [0.25, 0.3) is 0 Å². The van der Waals surface area contributed by atoms with Crippen molar-refractivity contribution in [2.75, 3.05) is 0 Å². The third-order valence-electron chi connectivity index (χ3n) is 3.01. The molecule has 0 aromatic rings. The number of carbonyl (C=O) groups excluding carboxylic acids is 1. The van der Waals surface area contributed by atoms with E-state index < -0.39 is 0 Å². The highest BCUT2D eigenvalue weighted by Crippen LogP contribution is 2.39. The molecule has 0 heterocycles. The van der Waals surface area contributed by atoms with Gasteiger partial charge in [0.15, 0.2) is 0 Å². The van der Waals surface area contributed by atoms with E-state index >= 15 is 0 Å². The molecule has 70 valence electrons. The molecule has 0 bridgehead atoms. The Morgan fingerprint density at radius 1 is 1.50 bits per heavy atom. The normalized spacial score (nSPS) is 28.4. The smallest absolute Gasteiger partial charge is 0.135 e. The number of Topliss-reactive ketones (excluding diaryl/α,β-unsaturated/α-hetero) is 1. The summed E-state index contributed by atoms with van der Waals surface area (Å²) in [6.07, 6.45) is 5.50. The Morgan fingerprint density at radius 3 is 2.67 bits per heavy atom.